The first-order valence-corrected chi connectivity index (χ1v) is 6.65. The third-order valence-corrected chi connectivity index (χ3v) is 3.44. The Labute approximate surface area is 118 Å². The number of hydrogen-bond donors (Lipinski definition) is 1. The zero-order chi connectivity index (χ0) is 14.9. The maximum Gasteiger partial charge on any atom is 0.292 e. The Bertz CT molecular complexity index is 514. The van der Waals surface area contributed by atoms with Crippen molar-refractivity contribution in [2.75, 3.05) is 24.6 Å². The molecule has 110 valence electrons. The van der Waals surface area contributed by atoms with E-state index in [0.717, 1.165) is 0 Å². The van der Waals surface area contributed by atoms with E-state index in [9.17, 15) is 15.2 Å². The fraction of sp³-hybridized carbons (Fsp3) is 0.571. The van der Waals surface area contributed by atoms with Crippen LogP contribution in [0.4, 0.5) is 11.4 Å². The second kappa shape index (κ2) is 5.38. The molecule has 2 rings (SSSR count). The molecule has 6 heteroatoms. The van der Waals surface area contributed by atoms with Crippen LogP contribution in [0.2, 0.25) is 0 Å². The van der Waals surface area contributed by atoms with Crippen molar-refractivity contribution in [1.82, 2.24) is 0 Å². The second-order valence-corrected chi connectivity index (χ2v) is 5.71. The van der Waals surface area contributed by atoms with Crippen LogP contribution in [0.1, 0.15) is 32.4 Å². The van der Waals surface area contributed by atoms with Gasteiger partial charge in [-0.1, -0.05) is 6.07 Å². The Morgan fingerprint density at radius 2 is 2.20 bits per heavy atom. The summed E-state index contributed by atoms with van der Waals surface area (Å²) in [6, 6.07) is 4.89. The molecule has 1 aliphatic rings. The fourth-order valence-corrected chi connectivity index (χ4v) is 2.44. The number of nitrogens with zero attached hydrogens (tertiary/aromatic N) is 2. The van der Waals surface area contributed by atoms with E-state index in [1.54, 1.807) is 19.1 Å². The van der Waals surface area contributed by atoms with E-state index >= 15 is 0 Å². The number of nitro benzene ring substituents is 1. The molecule has 0 unspecified atom stereocenters. The van der Waals surface area contributed by atoms with Crippen LogP contribution in [0, 0.1) is 10.1 Å². The van der Waals surface area contributed by atoms with Gasteiger partial charge in [0.05, 0.1) is 23.2 Å². The molecule has 6 nitrogen and oxygen atoms in total. The first-order chi connectivity index (χ1) is 9.30. The van der Waals surface area contributed by atoms with E-state index < -0.39 is 11.0 Å². The summed E-state index contributed by atoms with van der Waals surface area (Å²) in [4.78, 5) is 12.8. The molecule has 0 aromatic heterocycles. The molecule has 0 radical (unpaired) electrons. The van der Waals surface area contributed by atoms with Gasteiger partial charge in [-0.25, -0.2) is 0 Å². The standard InChI is InChI=1S/C14H20N2O4/c1-10(17)11-4-5-12(13(8-11)16(18)19)15-6-7-20-14(2,3)9-15/h4-5,8,10,17H,6-7,9H2,1-3H3/t10-/m1/s1. The van der Waals surface area contributed by atoms with Gasteiger partial charge < -0.3 is 14.7 Å². The molecule has 1 N–H and O–H groups in total. The van der Waals surface area contributed by atoms with Gasteiger partial charge in [-0.2, -0.15) is 0 Å². The van der Waals surface area contributed by atoms with Crippen molar-refractivity contribution in [3.05, 3.63) is 33.9 Å². The predicted molar refractivity (Wildman–Crippen MR) is 76.0 cm³/mol. The van der Waals surface area contributed by atoms with E-state index in [4.69, 9.17) is 4.74 Å². The molecular weight excluding hydrogens is 260 g/mol. The molecule has 0 spiro atoms. The van der Waals surface area contributed by atoms with Crippen molar-refractivity contribution < 1.29 is 14.8 Å². The van der Waals surface area contributed by atoms with Crippen LogP contribution >= 0.6 is 0 Å². The molecule has 0 saturated carbocycles. The number of benzene rings is 1. The minimum atomic E-state index is -0.719. The zero-order valence-corrected chi connectivity index (χ0v) is 12.0. The average molecular weight is 280 g/mol. The molecule has 1 fully saturated rings. The summed E-state index contributed by atoms with van der Waals surface area (Å²) in [6.45, 7) is 7.30. The van der Waals surface area contributed by atoms with Crippen molar-refractivity contribution in [3.8, 4) is 0 Å². The van der Waals surface area contributed by atoms with Crippen molar-refractivity contribution >= 4 is 11.4 Å². The summed E-state index contributed by atoms with van der Waals surface area (Å²) in [6.07, 6.45) is -0.719. The highest BCUT2D eigenvalue weighted by atomic mass is 16.6. The van der Waals surface area contributed by atoms with Crippen molar-refractivity contribution in [3.63, 3.8) is 0 Å². The lowest BCUT2D eigenvalue weighted by atomic mass is 10.0. The van der Waals surface area contributed by atoms with Gasteiger partial charge in [0.15, 0.2) is 0 Å². The number of anilines is 1. The minimum Gasteiger partial charge on any atom is -0.389 e. The molecule has 0 bridgehead atoms. The van der Waals surface area contributed by atoms with Crippen LogP contribution < -0.4 is 4.90 Å². The number of rotatable bonds is 3. The van der Waals surface area contributed by atoms with Gasteiger partial charge in [-0.15, -0.1) is 0 Å². The summed E-state index contributed by atoms with van der Waals surface area (Å²) in [7, 11) is 0. The normalized spacial score (nSPS) is 19.7. The Balaban J connectivity index is 2.38. The van der Waals surface area contributed by atoms with Crippen LogP contribution in [-0.2, 0) is 4.74 Å². The molecule has 1 aromatic rings. The van der Waals surface area contributed by atoms with Gasteiger partial charge in [0.25, 0.3) is 5.69 Å². The number of morpholine rings is 1. The van der Waals surface area contributed by atoms with Crippen LogP contribution in [0.15, 0.2) is 18.2 Å². The number of aliphatic hydroxyl groups excluding tert-OH is 1. The van der Waals surface area contributed by atoms with Gasteiger partial charge in [-0.3, -0.25) is 10.1 Å². The maximum atomic E-state index is 11.3. The molecule has 1 saturated heterocycles. The number of hydrogen-bond acceptors (Lipinski definition) is 5. The van der Waals surface area contributed by atoms with Crippen LogP contribution in [-0.4, -0.2) is 35.3 Å². The monoisotopic (exact) mass is 280 g/mol. The predicted octanol–water partition coefficient (Wildman–Crippen LogP) is 2.26. The van der Waals surface area contributed by atoms with E-state index in [-0.39, 0.29) is 11.3 Å². The first kappa shape index (κ1) is 14.7. The number of ether oxygens (including phenoxy) is 1. The highest BCUT2D eigenvalue weighted by Crippen LogP contribution is 2.33. The maximum absolute atomic E-state index is 11.3. The Hall–Kier alpha value is -1.66. The summed E-state index contributed by atoms with van der Waals surface area (Å²) in [5.41, 5.74) is 0.833. The summed E-state index contributed by atoms with van der Waals surface area (Å²) in [5.74, 6) is 0. The number of aliphatic hydroxyl groups is 1. The average Bonchev–Trinajstić information content (AvgIpc) is 2.36. The first-order valence-electron chi connectivity index (χ1n) is 6.65. The lowest BCUT2D eigenvalue weighted by molar-refractivity contribution is -0.384. The van der Waals surface area contributed by atoms with Gasteiger partial charge >= 0.3 is 0 Å². The van der Waals surface area contributed by atoms with Gasteiger partial charge in [0.1, 0.15) is 5.69 Å². The lowest BCUT2D eigenvalue weighted by Gasteiger charge is -2.39. The van der Waals surface area contributed by atoms with Gasteiger partial charge in [-0.05, 0) is 32.4 Å². The molecule has 1 atom stereocenters. The molecule has 0 aliphatic carbocycles. The molecule has 1 heterocycles. The molecule has 0 amide bonds. The molecule has 20 heavy (non-hydrogen) atoms. The highest BCUT2D eigenvalue weighted by Gasteiger charge is 2.30. The van der Waals surface area contributed by atoms with E-state index in [1.807, 2.05) is 18.7 Å². The minimum absolute atomic E-state index is 0.0288. The van der Waals surface area contributed by atoms with E-state index in [2.05, 4.69) is 0 Å². The quantitative estimate of drug-likeness (QED) is 0.679. The van der Waals surface area contributed by atoms with Gasteiger partial charge in [0.2, 0.25) is 0 Å². The Morgan fingerprint density at radius 3 is 2.75 bits per heavy atom. The third-order valence-electron chi connectivity index (χ3n) is 3.44. The molecular formula is C14H20N2O4. The smallest absolute Gasteiger partial charge is 0.292 e. The van der Waals surface area contributed by atoms with Crippen molar-refractivity contribution in [1.29, 1.82) is 0 Å². The Kier molecular flexibility index (Phi) is 3.96. The third kappa shape index (κ3) is 3.08. The largest absolute Gasteiger partial charge is 0.389 e. The summed E-state index contributed by atoms with van der Waals surface area (Å²) in [5, 5.41) is 20.8. The van der Waals surface area contributed by atoms with Crippen LogP contribution in [0.3, 0.4) is 0 Å². The lowest BCUT2D eigenvalue weighted by Crippen LogP contribution is -2.48. The highest BCUT2D eigenvalue weighted by molar-refractivity contribution is 5.65. The van der Waals surface area contributed by atoms with Crippen LogP contribution in [0.5, 0.6) is 0 Å². The summed E-state index contributed by atoms with van der Waals surface area (Å²) < 4.78 is 5.63. The topological polar surface area (TPSA) is 75.8 Å². The number of nitro groups is 1. The Morgan fingerprint density at radius 1 is 1.50 bits per heavy atom. The van der Waals surface area contributed by atoms with E-state index in [0.29, 0.717) is 30.9 Å². The molecule has 1 aliphatic heterocycles. The van der Waals surface area contributed by atoms with Crippen molar-refractivity contribution in [2.24, 2.45) is 0 Å². The SMILES string of the molecule is C[C@@H](O)c1ccc(N2CCOC(C)(C)C2)c([N+](=O)[O-])c1. The zero-order valence-electron chi connectivity index (χ0n) is 12.0. The molecule has 1 aromatic carbocycles. The van der Waals surface area contributed by atoms with Crippen LogP contribution in [0.25, 0.3) is 0 Å². The van der Waals surface area contributed by atoms with Crippen molar-refractivity contribution in [2.45, 2.75) is 32.5 Å². The summed E-state index contributed by atoms with van der Waals surface area (Å²) >= 11 is 0. The second-order valence-electron chi connectivity index (χ2n) is 5.71. The van der Waals surface area contributed by atoms with E-state index in [1.165, 1.54) is 6.07 Å². The fourth-order valence-electron chi connectivity index (χ4n) is 2.44. The van der Waals surface area contributed by atoms with Gasteiger partial charge in [0, 0.05) is 19.2 Å².